The van der Waals surface area contributed by atoms with E-state index in [1.54, 1.807) is 16.8 Å². The molecule has 0 amide bonds. The van der Waals surface area contributed by atoms with Crippen LogP contribution in [0.15, 0.2) is 24.4 Å². The Morgan fingerprint density at radius 1 is 1.35 bits per heavy atom. The van der Waals surface area contributed by atoms with Crippen LogP contribution in [0.3, 0.4) is 0 Å². The van der Waals surface area contributed by atoms with Gasteiger partial charge in [-0.25, -0.2) is 0 Å². The summed E-state index contributed by atoms with van der Waals surface area (Å²) < 4.78 is 6.60. The number of aryl methyl sites for hydroxylation is 1. The summed E-state index contributed by atoms with van der Waals surface area (Å²) in [6.07, 6.45) is 1.55. The zero-order valence-corrected chi connectivity index (χ0v) is 9.74. The van der Waals surface area contributed by atoms with Crippen LogP contribution >= 0.6 is 0 Å². The van der Waals surface area contributed by atoms with Gasteiger partial charge in [-0.05, 0) is 12.1 Å². The van der Waals surface area contributed by atoms with E-state index in [0.29, 0.717) is 18.0 Å². The highest BCUT2D eigenvalue weighted by atomic mass is 16.5. The van der Waals surface area contributed by atoms with Gasteiger partial charge in [0.15, 0.2) is 0 Å². The Balaban J connectivity index is 2.06. The fraction of sp³-hybridized carbons (Fsp3) is 0.364. The number of hydrogen-bond acceptors (Lipinski definition) is 5. The normalized spacial score (nSPS) is 12.4. The van der Waals surface area contributed by atoms with Gasteiger partial charge in [0, 0.05) is 25.7 Å². The Morgan fingerprint density at radius 3 is 2.71 bits per heavy atom. The number of aliphatic hydroxyl groups is 1. The quantitative estimate of drug-likeness (QED) is 0.833. The van der Waals surface area contributed by atoms with Crippen molar-refractivity contribution in [2.75, 3.05) is 7.11 Å². The molecule has 2 aromatic rings. The molecule has 90 valence electrons. The highest BCUT2D eigenvalue weighted by Gasteiger charge is 2.12. The average molecular weight is 234 g/mol. The molecule has 0 aromatic carbocycles. The molecule has 0 aliphatic rings. The lowest BCUT2D eigenvalue weighted by Gasteiger charge is -2.07. The van der Waals surface area contributed by atoms with E-state index in [1.165, 1.54) is 7.11 Å². The van der Waals surface area contributed by atoms with Crippen LogP contribution in [0.4, 0.5) is 0 Å². The molecule has 17 heavy (non-hydrogen) atoms. The van der Waals surface area contributed by atoms with Gasteiger partial charge in [0.1, 0.15) is 6.10 Å². The van der Waals surface area contributed by atoms with Crippen molar-refractivity contribution in [1.29, 1.82) is 0 Å². The molecule has 6 nitrogen and oxygen atoms in total. The Morgan fingerprint density at radius 2 is 2.18 bits per heavy atom. The molecule has 2 rings (SSSR count). The van der Waals surface area contributed by atoms with E-state index in [4.69, 9.17) is 4.74 Å². The maximum absolute atomic E-state index is 9.95. The van der Waals surface area contributed by atoms with Crippen molar-refractivity contribution in [3.8, 4) is 5.88 Å². The number of ether oxygens (including phenoxy) is 1. The third kappa shape index (κ3) is 2.79. The minimum Gasteiger partial charge on any atom is -0.480 e. The molecule has 1 unspecified atom stereocenters. The van der Waals surface area contributed by atoms with Crippen LogP contribution < -0.4 is 4.74 Å². The van der Waals surface area contributed by atoms with Gasteiger partial charge in [0.2, 0.25) is 5.88 Å². The van der Waals surface area contributed by atoms with Crippen LogP contribution in [-0.4, -0.2) is 32.2 Å². The maximum atomic E-state index is 9.95. The van der Waals surface area contributed by atoms with Crippen LogP contribution in [0.25, 0.3) is 0 Å². The van der Waals surface area contributed by atoms with Crippen molar-refractivity contribution in [1.82, 2.24) is 20.0 Å². The molecule has 0 aliphatic carbocycles. The lowest BCUT2D eigenvalue weighted by molar-refractivity contribution is 0.170. The van der Waals surface area contributed by atoms with Crippen LogP contribution in [0, 0.1) is 0 Å². The van der Waals surface area contributed by atoms with E-state index in [-0.39, 0.29) is 0 Å². The number of nitrogens with zero attached hydrogens (tertiary/aromatic N) is 4. The van der Waals surface area contributed by atoms with E-state index in [1.807, 2.05) is 19.3 Å². The van der Waals surface area contributed by atoms with Crippen molar-refractivity contribution in [2.24, 2.45) is 7.05 Å². The van der Waals surface area contributed by atoms with Gasteiger partial charge in [-0.15, -0.1) is 10.2 Å². The molecule has 0 bridgehead atoms. The molecular formula is C11H14N4O2. The number of hydrogen-bond donors (Lipinski definition) is 1. The van der Waals surface area contributed by atoms with Crippen LogP contribution in [0.5, 0.6) is 5.88 Å². The zero-order valence-electron chi connectivity index (χ0n) is 9.74. The van der Waals surface area contributed by atoms with E-state index in [2.05, 4.69) is 15.3 Å². The number of methoxy groups -OCH3 is 1. The predicted molar refractivity (Wildman–Crippen MR) is 60.5 cm³/mol. The number of aromatic nitrogens is 4. The van der Waals surface area contributed by atoms with Gasteiger partial charge in [0.05, 0.1) is 18.5 Å². The fourth-order valence-corrected chi connectivity index (χ4v) is 1.49. The largest absolute Gasteiger partial charge is 0.480 e. The maximum Gasteiger partial charge on any atom is 0.233 e. The van der Waals surface area contributed by atoms with Crippen molar-refractivity contribution in [2.45, 2.75) is 12.5 Å². The van der Waals surface area contributed by atoms with Crippen LogP contribution in [-0.2, 0) is 13.5 Å². The first-order chi connectivity index (χ1) is 8.19. The summed E-state index contributed by atoms with van der Waals surface area (Å²) in [6.45, 7) is 0. The lowest BCUT2D eigenvalue weighted by atomic mass is 10.1. The molecule has 0 saturated heterocycles. The van der Waals surface area contributed by atoms with Crippen molar-refractivity contribution in [3.63, 3.8) is 0 Å². The first kappa shape index (κ1) is 11.5. The fourth-order valence-electron chi connectivity index (χ4n) is 1.49. The third-order valence-electron chi connectivity index (χ3n) is 2.38. The second kappa shape index (κ2) is 4.92. The number of rotatable bonds is 4. The summed E-state index contributed by atoms with van der Waals surface area (Å²) in [5.41, 5.74) is 1.33. The molecule has 1 atom stereocenters. The molecule has 1 N–H and O–H groups in total. The van der Waals surface area contributed by atoms with Crippen molar-refractivity contribution >= 4 is 0 Å². The first-order valence-electron chi connectivity index (χ1n) is 5.23. The highest BCUT2D eigenvalue weighted by molar-refractivity contribution is 5.14. The SMILES string of the molecule is COc1ccc(C(O)Cc2ccn(C)n2)nn1. The summed E-state index contributed by atoms with van der Waals surface area (Å²) in [5.74, 6) is 0.429. The van der Waals surface area contributed by atoms with Gasteiger partial charge >= 0.3 is 0 Å². The Labute approximate surface area is 98.9 Å². The van der Waals surface area contributed by atoms with Gasteiger partial charge in [-0.3, -0.25) is 4.68 Å². The average Bonchev–Trinajstić information content (AvgIpc) is 2.75. The summed E-state index contributed by atoms with van der Waals surface area (Å²) in [6, 6.07) is 5.23. The highest BCUT2D eigenvalue weighted by Crippen LogP contribution is 2.15. The molecule has 2 heterocycles. The van der Waals surface area contributed by atoms with E-state index in [0.717, 1.165) is 5.69 Å². The molecule has 0 fully saturated rings. The van der Waals surface area contributed by atoms with Crippen molar-refractivity contribution in [3.05, 3.63) is 35.8 Å². The van der Waals surface area contributed by atoms with E-state index < -0.39 is 6.10 Å². The smallest absolute Gasteiger partial charge is 0.233 e. The molecule has 0 saturated carbocycles. The van der Waals surface area contributed by atoms with Gasteiger partial charge in [0.25, 0.3) is 0 Å². The Kier molecular flexibility index (Phi) is 3.34. The summed E-state index contributed by atoms with van der Waals surface area (Å²) >= 11 is 0. The topological polar surface area (TPSA) is 73.1 Å². The summed E-state index contributed by atoms with van der Waals surface area (Å²) in [7, 11) is 3.36. The third-order valence-corrected chi connectivity index (χ3v) is 2.38. The van der Waals surface area contributed by atoms with E-state index in [9.17, 15) is 5.11 Å². The van der Waals surface area contributed by atoms with Crippen LogP contribution in [0.2, 0.25) is 0 Å². The second-order valence-corrected chi connectivity index (χ2v) is 3.70. The lowest BCUT2D eigenvalue weighted by Crippen LogP contribution is -2.06. The summed E-state index contributed by atoms with van der Waals surface area (Å²) in [4.78, 5) is 0. The van der Waals surface area contributed by atoms with Gasteiger partial charge < -0.3 is 9.84 Å². The molecule has 2 aromatic heterocycles. The minimum absolute atomic E-state index is 0.419. The second-order valence-electron chi connectivity index (χ2n) is 3.70. The molecule has 0 radical (unpaired) electrons. The summed E-state index contributed by atoms with van der Waals surface area (Å²) in [5, 5.41) is 21.8. The van der Waals surface area contributed by atoms with Crippen LogP contribution in [0.1, 0.15) is 17.5 Å². The molecule has 0 aliphatic heterocycles. The minimum atomic E-state index is -0.705. The molecular weight excluding hydrogens is 220 g/mol. The van der Waals surface area contributed by atoms with Gasteiger partial charge in [-0.1, -0.05) is 0 Å². The Bertz CT molecular complexity index is 480. The Hall–Kier alpha value is -1.95. The molecule has 6 heteroatoms. The van der Waals surface area contributed by atoms with E-state index >= 15 is 0 Å². The predicted octanol–water partition coefficient (Wildman–Crippen LogP) is 0.495. The van der Waals surface area contributed by atoms with Gasteiger partial charge in [-0.2, -0.15) is 5.10 Å². The first-order valence-corrected chi connectivity index (χ1v) is 5.23. The monoisotopic (exact) mass is 234 g/mol. The zero-order chi connectivity index (χ0) is 12.3. The standard InChI is InChI=1S/C11H14N4O2/c1-15-6-5-8(14-15)7-10(16)9-3-4-11(17-2)13-12-9/h3-6,10,16H,7H2,1-2H3. The van der Waals surface area contributed by atoms with Crippen molar-refractivity contribution < 1.29 is 9.84 Å². The number of aliphatic hydroxyl groups excluding tert-OH is 1. The molecule has 0 spiro atoms.